The van der Waals surface area contributed by atoms with Crippen LogP contribution < -0.4 is 16.2 Å². The summed E-state index contributed by atoms with van der Waals surface area (Å²) in [6, 6.07) is 5.18. The van der Waals surface area contributed by atoms with Gasteiger partial charge in [0, 0.05) is 25.7 Å². The van der Waals surface area contributed by atoms with Crippen molar-refractivity contribution in [3.05, 3.63) is 58.5 Å². The second-order valence-electron chi connectivity index (χ2n) is 8.10. The number of pyridine rings is 1. The molecule has 2 atom stereocenters. The number of carbonyl (C=O) groups is 1. The maximum Gasteiger partial charge on any atom is 0.308 e. The number of aliphatic hydroxyl groups excluding tert-OH is 1. The number of hydrogen-bond donors (Lipinski definition) is 3. The fraction of sp³-hybridized carbons (Fsp3) is 0.318. The van der Waals surface area contributed by atoms with Crippen molar-refractivity contribution in [2.45, 2.75) is 32.3 Å². The van der Waals surface area contributed by atoms with Crippen LogP contribution in [0.15, 0.2) is 46.1 Å². The second kappa shape index (κ2) is 8.17. The third-order valence-corrected chi connectivity index (χ3v) is 5.88. The number of anilines is 3. The van der Waals surface area contributed by atoms with E-state index in [1.165, 1.54) is 21.5 Å². The van der Waals surface area contributed by atoms with Gasteiger partial charge in [-0.25, -0.2) is 9.55 Å². The first-order valence-corrected chi connectivity index (χ1v) is 10.6. The summed E-state index contributed by atoms with van der Waals surface area (Å²) in [6.45, 7) is 1.77. The van der Waals surface area contributed by atoms with Crippen LogP contribution in [0.25, 0.3) is 11.7 Å². The lowest BCUT2D eigenvalue weighted by atomic mass is 9.78. The maximum absolute atomic E-state index is 13.0. The highest BCUT2D eigenvalue weighted by atomic mass is 16.4. The molecular weight excluding hydrogens is 426 g/mol. The van der Waals surface area contributed by atoms with Crippen molar-refractivity contribution in [3.8, 4) is 6.01 Å². The van der Waals surface area contributed by atoms with Gasteiger partial charge in [-0.2, -0.15) is 14.6 Å². The molecule has 3 N–H and O–H groups in total. The van der Waals surface area contributed by atoms with E-state index in [1.807, 2.05) is 0 Å². The fourth-order valence-electron chi connectivity index (χ4n) is 3.87. The Morgan fingerprint density at radius 3 is 2.85 bits per heavy atom. The summed E-state index contributed by atoms with van der Waals surface area (Å²) in [7, 11) is 1.73. The van der Waals surface area contributed by atoms with Gasteiger partial charge in [-0.15, -0.1) is 0 Å². The van der Waals surface area contributed by atoms with E-state index in [2.05, 4.69) is 25.7 Å². The van der Waals surface area contributed by atoms with Gasteiger partial charge in [0.05, 0.1) is 23.6 Å². The summed E-state index contributed by atoms with van der Waals surface area (Å²) in [5, 5.41) is 20.2. The van der Waals surface area contributed by atoms with Crippen molar-refractivity contribution in [1.29, 1.82) is 0 Å². The fourth-order valence-corrected chi connectivity index (χ4v) is 3.87. The Morgan fingerprint density at radius 2 is 2.18 bits per heavy atom. The van der Waals surface area contributed by atoms with Crippen LogP contribution in [0.4, 0.5) is 17.3 Å². The lowest BCUT2D eigenvalue weighted by Crippen LogP contribution is -2.32. The molecule has 5 rings (SSSR count). The second-order valence-corrected chi connectivity index (χ2v) is 8.10. The SMILES string of the molecule is CNc1cc(Nc2cccn(-c3nc(C)co3)c2=O)nc2c(C(=O)CC3CC[C@H]3O)cnn12. The van der Waals surface area contributed by atoms with Gasteiger partial charge in [-0.3, -0.25) is 9.59 Å². The summed E-state index contributed by atoms with van der Waals surface area (Å²) < 4.78 is 8.18. The number of carbonyl (C=O) groups excluding carboxylic acids is 1. The molecule has 11 nitrogen and oxygen atoms in total. The van der Waals surface area contributed by atoms with Crippen LogP contribution in [-0.2, 0) is 0 Å². The van der Waals surface area contributed by atoms with E-state index >= 15 is 0 Å². The van der Waals surface area contributed by atoms with Crippen molar-refractivity contribution >= 4 is 28.8 Å². The van der Waals surface area contributed by atoms with E-state index < -0.39 is 6.10 Å². The minimum Gasteiger partial charge on any atom is -0.431 e. The third kappa shape index (κ3) is 3.76. The van der Waals surface area contributed by atoms with Crippen molar-refractivity contribution in [2.24, 2.45) is 5.92 Å². The minimum absolute atomic E-state index is 0.0286. The lowest BCUT2D eigenvalue weighted by molar-refractivity contribution is 0.0199. The van der Waals surface area contributed by atoms with E-state index in [-0.39, 0.29) is 35.4 Å². The molecule has 0 spiro atoms. The first-order chi connectivity index (χ1) is 15.9. The van der Waals surface area contributed by atoms with Gasteiger partial charge < -0.3 is 20.2 Å². The summed E-state index contributed by atoms with van der Waals surface area (Å²) in [4.78, 5) is 34.6. The molecule has 4 aromatic rings. The topological polar surface area (TPSA) is 140 Å². The van der Waals surface area contributed by atoms with Gasteiger partial charge >= 0.3 is 6.01 Å². The highest BCUT2D eigenvalue weighted by Gasteiger charge is 2.32. The van der Waals surface area contributed by atoms with Crippen LogP contribution in [0.1, 0.15) is 35.3 Å². The molecule has 1 aliphatic rings. The quantitative estimate of drug-likeness (QED) is 0.363. The highest BCUT2D eigenvalue weighted by molar-refractivity contribution is 6.01. The monoisotopic (exact) mass is 449 g/mol. The molecule has 1 fully saturated rings. The number of nitrogens with zero attached hydrogens (tertiary/aromatic N) is 5. The average Bonchev–Trinajstić information content (AvgIpc) is 3.43. The van der Waals surface area contributed by atoms with Crippen molar-refractivity contribution in [1.82, 2.24) is 24.1 Å². The predicted octanol–water partition coefficient (Wildman–Crippen LogP) is 2.31. The van der Waals surface area contributed by atoms with Crippen molar-refractivity contribution in [2.75, 3.05) is 17.7 Å². The zero-order chi connectivity index (χ0) is 23.1. The molecule has 11 heteroatoms. The average molecular weight is 449 g/mol. The number of aromatic nitrogens is 5. The summed E-state index contributed by atoms with van der Waals surface area (Å²) in [5.74, 6) is 0.800. The van der Waals surface area contributed by atoms with E-state index in [9.17, 15) is 14.7 Å². The van der Waals surface area contributed by atoms with Crippen LogP contribution in [-0.4, -0.2) is 48.2 Å². The number of rotatable bonds is 7. The Morgan fingerprint density at radius 1 is 1.33 bits per heavy atom. The first kappa shape index (κ1) is 20.9. The van der Waals surface area contributed by atoms with E-state index in [1.54, 1.807) is 38.4 Å². The number of Topliss-reactive ketones (excluding diaryl/α,β-unsaturated/α-hetero) is 1. The molecule has 0 bridgehead atoms. The molecule has 33 heavy (non-hydrogen) atoms. The number of hydrogen-bond acceptors (Lipinski definition) is 9. The molecule has 1 saturated carbocycles. The summed E-state index contributed by atoms with van der Waals surface area (Å²) in [5.41, 5.74) is 1.29. The molecule has 0 aliphatic heterocycles. The number of aryl methyl sites for hydroxylation is 1. The van der Waals surface area contributed by atoms with E-state index in [4.69, 9.17) is 4.42 Å². The molecule has 4 heterocycles. The third-order valence-electron chi connectivity index (χ3n) is 5.88. The highest BCUT2D eigenvalue weighted by Crippen LogP contribution is 2.32. The molecular formula is C22H23N7O4. The summed E-state index contributed by atoms with van der Waals surface area (Å²) in [6.07, 6.45) is 5.90. The van der Waals surface area contributed by atoms with E-state index in [0.717, 1.165) is 12.8 Å². The number of aliphatic hydroxyl groups is 1. The maximum atomic E-state index is 13.0. The van der Waals surface area contributed by atoms with Gasteiger partial charge in [-0.05, 0) is 37.8 Å². The van der Waals surface area contributed by atoms with Crippen LogP contribution in [0.2, 0.25) is 0 Å². The van der Waals surface area contributed by atoms with Gasteiger partial charge in [0.15, 0.2) is 11.4 Å². The Kier molecular flexibility index (Phi) is 5.17. The van der Waals surface area contributed by atoms with Gasteiger partial charge in [0.1, 0.15) is 23.6 Å². The van der Waals surface area contributed by atoms with Crippen LogP contribution in [0.3, 0.4) is 0 Å². The minimum atomic E-state index is -0.429. The Bertz CT molecular complexity index is 1400. The Balaban J connectivity index is 1.50. The first-order valence-electron chi connectivity index (χ1n) is 10.6. The Labute approximate surface area is 188 Å². The van der Waals surface area contributed by atoms with Crippen molar-refractivity contribution in [3.63, 3.8) is 0 Å². The molecule has 1 aliphatic carbocycles. The zero-order valence-corrected chi connectivity index (χ0v) is 18.1. The normalized spacial score (nSPS) is 17.7. The zero-order valence-electron chi connectivity index (χ0n) is 18.1. The van der Waals surface area contributed by atoms with Gasteiger partial charge in [-0.1, -0.05) is 0 Å². The van der Waals surface area contributed by atoms with Crippen LogP contribution in [0, 0.1) is 12.8 Å². The van der Waals surface area contributed by atoms with Gasteiger partial charge in [0.2, 0.25) is 0 Å². The molecule has 4 aromatic heterocycles. The smallest absolute Gasteiger partial charge is 0.308 e. The van der Waals surface area contributed by atoms with Crippen LogP contribution in [0.5, 0.6) is 0 Å². The Hall–Kier alpha value is -3.99. The molecule has 0 aromatic carbocycles. The van der Waals surface area contributed by atoms with Crippen LogP contribution >= 0.6 is 0 Å². The van der Waals surface area contributed by atoms with Crippen molar-refractivity contribution < 1.29 is 14.3 Å². The number of oxazole rings is 1. The number of fused-ring (bicyclic) bond motifs is 1. The predicted molar refractivity (Wildman–Crippen MR) is 120 cm³/mol. The molecule has 170 valence electrons. The largest absolute Gasteiger partial charge is 0.431 e. The van der Waals surface area contributed by atoms with E-state index in [0.29, 0.717) is 28.5 Å². The number of ketones is 1. The molecule has 1 unspecified atom stereocenters. The van der Waals surface area contributed by atoms with Gasteiger partial charge in [0.25, 0.3) is 5.56 Å². The number of nitrogens with one attached hydrogen (secondary N) is 2. The molecule has 0 saturated heterocycles. The summed E-state index contributed by atoms with van der Waals surface area (Å²) >= 11 is 0. The molecule has 0 radical (unpaired) electrons. The lowest BCUT2D eigenvalue weighted by Gasteiger charge is -2.31. The standard InChI is InChI=1S/C22H23N7O4/c1-12-11-33-22(25-12)28-7-3-4-15(21(28)32)26-18-9-19(23-2)29-20(27-18)14(10-24-29)17(31)8-13-5-6-16(13)30/h3-4,7,9-11,13,16,23,30H,5-6,8H2,1-2H3,(H,26,27)/t13?,16-/m1/s1. The molecule has 0 amide bonds.